The molecule has 1 aliphatic heterocycles. The first-order valence-electron chi connectivity index (χ1n) is 14.2. The highest BCUT2D eigenvalue weighted by molar-refractivity contribution is 5.72. The quantitative estimate of drug-likeness (QED) is 0.310. The molecule has 0 bridgehead atoms. The highest BCUT2D eigenvalue weighted by Gasteiger charge is 2.35. The third kappa shape index (κ3) is 6.63. The molecule has 1 saturated heterocycles. The van der Waals surface area contributed by atoms with Crippen LogP contribution in [0.4, 0.5) is 5.69 Å². The maximum atomic E-state index is 11.3. The van der Waals surface area contributed by atoms with Gasteiger partial charge in [0.2, 0.25) is 0 Å². The summed E-state index contributed by atoms with van der Waals surface area (Å²) in [5, 5.41) is 18.9. The SMILES string of the molecule is N[C@H](CO)c1cccc(-c2cc(COc3ccccc3CC(=O)O)cc(N3CCC4(CCCCC4)CC3)c2)c1. The number of hydrogen-bond donors (Lipinski definition) is 3. The lowest BCUT2D eigenvalue weighted by molar-refractivity contribution is -0.136. The number of nitrogens with two attached hydrogens (primary N) is 1. The lowest BCUT2D eigenvalue weighted by Gasteiger charge is -2.45. The molecule has 0 radical (unpaired) electrons. The number of aliphatic hydroxyl groups excluding tert-OH is 1. The Hall–Kier alpha value is -3.35. The molecule has 0 amide bonds. The molecule has 2 fully saturated rings. The third-order valence-corrected chi connectivity index (χ3v) is 8.63. The molecule has 1 heterocycles. The summed E-state index contributed by atoms with van der Waals surface area (Å²) in [6, 6.07) is 21.6. The summed E-state index contributed by atoms with van der Waals surface area (Å²) < 4.78 is 6.19. The lowest BCUT2D eigenvalue weighted by atomic mass is 9.68. The van der Waals surface area contributed by atoms with Crippen LogP contribution < -0.4 is 15.4 Å². The Kier molecular flexibility index (Phi) is 8.53. The van der Waals surface area contributed by atoms with Crippen molar-refractivity contribution in [2.75, 3.05) is 24.6 Å². The van der Waals surface area contributed by atoms with Crippen molar-refractivity contribution in [1.29, 1.82) is 0 Å². The smallest absolute Gasteiger partial charge is 0.307 e. The van der Waals surface area contributed by atoms with E-state index in [0.29, 0.717) is 23.3 Å². The van der Waals surface area contributed by atoms with Gasteiger partial charge in [0, 0.05) is 24.3 Å². The topological polar surface area (TPSA) is 96.0 Å². The Morgan fingerprint density at radius 2 is 1.69 bits per heavy atom. The van der Waals surface area contributed by atoms with E-state index in [-0.39, 0.29) is 13.0 Å². The Bertz CT molecular complexity index is 1270. The number of benzene rings is 3. The maximum absolute atomic E-state index is 11.3. The van der Waals surface area contributed by atoms with E-state index in [0.717, 1.165) is 35.3 Å². The Morgan fingerprint density at radius 1 is 0.923 bits per heavy atom. The molecule has 4 N–H and O–H groups in total. The van der Waals surface area contributed by atoms with E-state index in [4.69, 9.17) is 10.5 Å². The lowest BCUT2D eigenvalue weighted by Crippen LogP contribution is -2.41. The van der Waals surface area contributed by atoms with Crippen molar-refractivity contribution in [3.8, 4) is 16.9 Å². The second-order valence-corrected chi connectivity index (χ2v) is 11.3. The van der Waals surface area contributed by atoms with Gasteiger partial charge >= 0.3 is 5.97 Å². The molecule has 2 aliphatic rings. The minimum atomic E-state index is -0.878. The van der Waals surface area contributed by atoms with Crippen LogP contribution in [0.3, 0.4) is 0 Å². The van der Waals surface area contributed by atoms with Crippen molar-refractivity contribution >= 4 is 11.7 Å². The Labute approximate surface area is 231 Å². The number of anilines is 1. The van der Waals surface area contributed by atoms with Crippen molar-refractivity contribution in [2.24, 2.45) is 11.1 Å². The van der Waals surface area contributed by atoms with E-state index in [2.05, 4.69) is 35.2 Å². The largest absolute Gasteiger partial charge is 0.489 e. The number of aliphatic hydroxyl groups is 1. The van der Waals surface area contributed by atoms with Gasteiger partial charge in [0.05, 0.1) is 19.1 Å². The molecule has 206 valence electrons. The zero-order chi connectivity index (χ0) is 27.2. The van der Waals surface area contributed by atoms with Crippen LogP contribution in [0.25, 0.3) is 11.1 Å². The van der Waals surface area contributed by atoms with E-state index >= 15 is 0 Å². The van der Waals surface area contributed by atoms with Gasteiger partial charge in [-0.1, -0.05) is 55.7 Å². The van der Waals surface area contributed by atoms with Gasteiger partial charge in [0.25, 0.3) is 0 Å². The summed E-state index contributed by atoms with van der Waals surface area (Å²) in [7, 11) is 0. The number of ether oxygens (including phenoxy) is 1. The summed E-state index contributed by atoms with van der Waals surface area (Å²) in [6.45, 7) is 2.35. The second-order valence-electron chi connectivity index (χ2n) is 11.3. The van der Waals surface area contributed by atoms with Crippen molar-refractivity contribution in [1.82, 2.24) is 0 Å². The van der Waals surface area contributed by atoms with Crippen LogP contribution in [-0.2, 0) is 17.8 Å². The molecular formula is C33H40N2O4. The number of para-hydroxylation sites is 1. The average molecular weight is 529 g/mol. The summed E-state index contributed by atoms with van der Waals surface area (Å²) in [5.74, 6) is -0.280. The third-order valence-electron chi connectivity index (χ3n) is 8.63. The first kappa shape index (κ1) is 27.2. The minimum absolute atomic E-state index is 0.0745. The number of hydrogen-bond acceptors (Lipinski definition) is 5. The van der Waals surface area contributed by atoms with Crippen molar-refractivity contribution in [3.63, 3.8) is 0 Å². The predicted molar refractivity (Wildman–Crippen MR) is 155 cm³/mol. The van der Waals surface area contributed by atoms with E-state index in [9.17, 15) is 15.0 Å². The highest BCUT2D eigenvalue weighted by atomic mass is 16.5. The number of carbonyl (C=O) groups is 1. The number of nitrogens with zero attached hydrogens (tertiary/aromatic N) is 1. The molecular weight excluding hydrogens is 488 g/mol. The van der Waals surface area contributed by atoms with Crippen LogP contribution >= 0.6 is 0 Å². The van der Waals surface area contributed by atoms with Crippen LogP contribution in [0.15, 0.2) is 66.7 Å². The summed E-state index contributed by atoms with van der Waals surface area (Å²) in [4.78, 5) is 13.8. The van der Waals surface area contributed by atoms with Crippen LogP contribution in [-0.4, -0.2) is 35.9 Å². The van der Waals surface area contributed by atoms with E-state index < -0.39 is 12.0 Å². The number of carboxylic acids is 1. The van der Waals surface area contributed by atoms with Crippen LogP contribution in [0.2, 0.25) is 0 Å². The molecule has 3 aromatic carbocycles. The van der Waals surface area contributed by atoms with Gasteiger partial charge in [-0.15, -0.1) is 0 Å². The van der Waals surface area contributed by atoms with Crippen molar-refractivity contribution < 1.29 is 19.7 Å². The zero-order valence-electron chi connectivity index (χ0n) is 22.6. The highest BCUT2D eigenvalue weighted by Crippen LogP contribution is 2.45. The molecule has 1 spiro atoms. The number of carboxylic acid groups (broad SMARTS) is 1. The normalized spacial score (nSPS) is 17.6. The standard InChI is InChI=1S/C33H40N2O4/c34-30(22-36)26-9-6-8-25(19-26)28-17-24(23-39-31-10-3-2-7-27(31)21-32(37)38)18-29(20-28)35-15-13-33(14-16-35)11-4-1-5-12-33/h2-3,6-10,17-20,30,36H,1,4-5,11-16,21-23,34H2,(H,37,38)/t30-/m1/s1. The fourth-order valence-corrected chi connectivity index (χ4v) is 6.32. The zero-order valence-corrected chi connectivity index (χ0v) is 22.6. The second kappa shape index (κ2) is 12.2. The van der Waals surface area contributed by atoms with E-state index in [1.165, 1.54) is 50.6 Å². The fourth-order valence-electron chi connectivity index (χ4n) is 6.32. The summed E-state index contributed by atoms with van der Waals surface area (Å²) in [6.07, 6.45) is 9.26. The molecule has 1 atom stereocenters. The van der Waals surface area contributed by atoms with Gasteiger partial charge < -0.3 is 25.6 Å². The van der Waals surface area contributed by atoms with Crippen molar-refractivity contribution in [2.45, 2.75) is 64.0 Å². The van der Waals surface area contributed by atoms with Gasteiger partial charge in [-0.05, 0) is 83.7 Å². The molecule has 1 saturated carbocycles. The van der Waals surface area contributed by atoms with Gasteiger partial charge in [-0.2, -0.15) is 0 Å². The summed E-state index contributed by atoms with van der Waals surface area (Å²) in [5.41, 5.74) is 12.6. The van der Waals surface area contributed by atoms with Gasteiger partial charge in [0.15, 0.2) is 0 Å². The molecule has 5 rings (SSSR count). The van der Waals surface area contributed by atoms with Crippen LogP contribution in [0.5, 0.6) is 5.75 Å². The maximum Gasteiger partial charge on any atom is 0.307 e. The van der Waals surface area contributed by atoms with Gasteiger partial charge in [0.1, 0.15) is 12.4 Å². The molecule has 6 heteroatoms. The number of rotatable bonds is 9. The average Bonchev–Trinajstić information content (AvgIpc) is 2.97. The first-order valence-corrected chi connectivity index (χ1v) is 14.2. The van der Waals surface area contributed by atoms with Crippen LogP contribution in [0.1, 0.15) is 67.7 Å². The van der Waals surface area contributed by atoms with Gasteiger partial charge in [-0.25, -0.2) is 0 Å². The Balaban J connectivity index is 1.43. The molecule has 1 aliphatic carbocycles. The molecule has 3 aromatic rings. The summed E-state index contributed by atoms with van der Waals surface area (Å²) >= 11 is 0. The monoisotopic (exact) mass is 528 g/mol. The molecule has 0 unspecified atom stereocenters. The number of aliphatic carboxylic acids is 1. The molecule has 0 aromatic heterocycles. The number of piperidine rings is 1. The van der Waals surface area contributed by atoms with Crippen LogP contribution in [0, 0.1) is 5.41 Å². The molecule has 6 nitrogen and oxygen atoms in total. The molecule has 39 heavy (non-hydrogen) atoms. The van der Waals surface area contributed by atoms with E-state index in [1.807, 2.05) is 30.3 Å². The fraction of sp³-hybridized carbons (Fsp3) is 0.424. The Morgan fingerprint density at radius 3 is 2.44 bits per heavy atom. The van der Waals surface area contributed by atoms with E-state index in [1.54, 1.807) is 6.07 Å². The van der Waals surface area contributed by atoms with Gasteiger partial charge in [-0.3, -0.25) is 4.79 Å². The minimum Gasteiger partial charge on any atom is -0.489 e. The van der Waals surface area contributed by atoms with Crippen molar-refractivity contribution in [3.05, 3.63) is 83.4 Å². The predicted octanol–water partition coefficient (Wildman–Crippen LogP) is 6.10. The first-order chi connectivity index (χ1) is 18.9.